The van der Waals surface area contributed by atoms with Crippen LogP contribution in [0.5, 0.6) is 11.8 Å². The van der Waals surface area contributed by atoms with E-state index in [2.05, 4.69) is 20.6 Å². The monoisotopic (exact) mass is 434 g/mol. The van der Waals surface area contributed by atoms with Crippen molar-refractivity contribution < 1.29 is 27.4 Å². The Labute approximate surface area is 174 Å². The van der Waals surface area contributed by atoms with Gasteiger partial charge in [0.25, 0.3) is 5.91 Å². The lowest BCUT2D eigenvalue weighted by Crippen LogP contribution is -2.30. The van der Waals surface area contributed by atoms with Crippen LogP contribution in [0.2, 0.25) is 0 Å². The first kappa shape index (κ1) is 21.6. The smallest absolute Gasteiger partial charge is 0.416 e. The maximum atomic E-state index is 12.7. The number of rotatable bonds is 8. The van der Waals surface area contributed by atoms with Gasteiger partial charge in [-0.1, -0.05) is 24.3 Å². The lowest BCUT2D eigenvalue weighted by atomic mass is 10.2. The molecule has 2 aromatic carbocycles. The molecule has 0 spiro atoms. The number of ether oxygens (including phenoxy) is 2. The second-order valence-corrected chi connectivity index (χ2v) is 6.05. The number of para-hydroxylation sites is 1. The molecule has 0 saturated carbocycles. The van der Waals surface area contributed by atoms with E-state index in [9.17, 15) is 18.0 Å². The molecule has 1 aromatic heterocycles. The van der Waals surface area contributed by atoms with Gasteiger partial charge in [0.2, 0.25) is 0 Å². The minimum atomic E-state index is -4.49. The first-order chi connectivity index (χ1) is 14.8. The summed E-state index contributed by atoms with van der Waals surface area (Å²) in [5.74, 6) is -0.835. The molecule has 0 fully saturated rings. The van der Waals surface area contributed by atoms with Crippen molar-refractivity contribution in [3.8, 4) is 17.4 Å². The Bertz CT molecular complexity index is 1050. The summed E-state index contributed by atoms with van der Waals surface area (Å²) in [6, 6.07) is 13.5. The van der Waals surface area contributed by atoms with Crippen LogP contribution in [0.4, 0.5) is 13.2 Å². The van der Waals surface area contributed by atoms with Crippen LogP contribution in [0.25, 0.3) is 5.69 Å². The summed E-state index contributed by atoms with van der Waals surface area (Å²) >= 11 is 0. The third-order valence-corrected chi connectivity index (χ3v) is 3.70. The Kier molecular flexibility index (Phi) is 6.70. The summed E-state index contributed by atoms with van der Waals surface area (Å²) in [5, 5.41) is 7.67. The van der Waals surface area contributed by atoms with Crippen molar-refractivity contribution in [3.05, 3.63) is 66.5 Å². The van der Waals surface area contributed by atoms with Gasteiger partial charge >= 0.3 is 12.2 Å². The Morgan fingerprint density at radius 1 is 1.10 bits per heavy atom. The van der Waals surface area contributed by atoms with Crippen LogP contribution in [-0.4, -0.2) is 39.7 Å². The summed E-state index contributed by atoms with van der Waals surface area (Å²) in [6.07, 6.45) is -3.05. The van der Waals surface area contributed by atoms with Crippen LogP contribution in [-0.2, 0) is 11.0 Å². The first-order valence-electron chi connectivity index (χ1n) is 8.82. The van der Waals surface area contributed by atoms with Crippen LogP contribution in [0.1, 0.15) is 5.56 Å². The van der Waals surface area contributed by atoms with Gasteiger partial charge in [0, 0.05) is 0 Å². The third kappa shape index (κ3) is 6.45. The van der Waals surface area contributed by atoms with E-state index in [4.69, 9.17) is 15.2 Å². The number of amidine groups is 1. The van der Waals surface area contributed by atoms with Crippen molar-refractivity contribution >= 4 is 11.7 Å². The normalized spacial score (nSPS) is 11.8. The largest absolute Gasteiger partial charge is 0.486 e. The molecule has 9 nitrogen and oxygen atoms in total. The van der Waals surface area contributed by atoms with Gasteiger partial charge in [-0.05, 0) is 30.3 Å². The number of nitrogens with zero attached hydrogens (tertiary/aromatic N) is 4. The molecule has 0 unspecified atom stereocenters. The number of amides is 1. The molecule has 0 aliphatic heterocycles. The van der Waals surface area contributed by atoms with Crippen molar-refractivity contribution in [2.45, 2.75) is 6.18 Å². The molecule has 162 valence electrons. The molecule has 0 bridgehead atoms. The first-order valence-corrected chi connectivity index (χ1v) is 8.82. The molecule has 3 rings (SSSR count). The molecule has 3 aromatic rings. The highest BCUT2D eigenvalue weighted by molar-refractivity contribution is 5.84. The molecule has 1 amide bonds. The van der Waals surface area contributed by atoms with Gasteiger partial charge in [0.15, 0.2) is 12.4 Å². The molecular weight excluding hydrogens is 417 g/mol. The number of benzene rings is 2. The fourth-order valence-electron chi connectivity index (χ4n) is 2.27. The number of carbonyl (C=O) groups is 1. The van der Waals surface area contributed by atoms with Crippen molar-refractivity contribution in [2.75, 3.05) is 13.2 Å². The molecule has 0 aliphatic carbocycles. The number of hydrazone groups is 1. The molecule has 0 aliphatic rings. The van der Waals surface area contributed by atoms with Gasteiger partial charge in [0.1, 0.15) is 18.7 Å². The van der Waals surface area contributed by atoms with E-state index in [-0.39, 0.29) is 24.2 Å². The summed E-state index contributed by atoms with van der Waals surface area (Å²) in [6.45, 7) is -0.754. The van der Waals surface area contributed by atoms with Crippen molar-refractivity contribution in [2.24, 2.45) is 10.8 Å². The summed E-state index contributed by atoms with van der Waals surface area (Å²) < 4.78 is 49.9. The second kappa shape index (κ2) is 9.61. The van der Waals surface area contributed by atoms with Crippen molar-refractivity contribution in [3.63, 3.8) is 0 Å². The number of alkyl halides is 3. The summed E-state index contributed by atoms with van der Waals surface area (Å²) in [7, 11) is 0. The van der Waals surface area contributed by atoms with Crippen LogP contribution in [0.3, 0.4) is 0 Å². The fraction of sp³-hybridized carbons (Fsp3) is 0.158. The number of carbonyl (C=O) groups excluding carboxylic acids is 1. The van der Waals surface area contributed by atoms with E-state index in [1.807, 2.05) is 30.3 Å². The molecule has 0 atom stereocenters. The fourth-order valence-corrected chi connectivity index (χ4v) is 2.27. The quantitative estimate of drug-likeness (QED) is 0.319. The number of aromatic nitrogens is 3. The minimum Gasteiger partial charge on any atom is -0.486 e. The number of halogens is 3. The number of hydrogen-bond donors (Lipinski definition) is 2. The Morgan fingerprint density at radius 2 is 1.87 bits per heavy atom. The summed E-state index contributed by atoms with van der Waals surface area (Å²) in [5.41, 5.74) is 7.65. The predicted octanol–water partition coefficient (Wildman–Crippen LogP) is 2.13. The SMILES string of the molecule is NC(COc1cccc(C(F)(F)F)c1)=NNC(=O)COc1ncn(-c2ccccc2)n1. The highest BCUT2D eigenvalue weighted by Gasteiger charge is 2.30. The average molecular weight is 434 g/mol. The van der Waals surface area contributed by atoms with Gasteiger partial charge in [-0.3, -0.25) is 4.79 Å². The molecule has 12 heteroatoms. The number of nitrogens with two attached hydrogens (primary N) is 1. The van der Waals surface area contributed by atoms with Gasteiger partial charge in [-0.15, -0.1) is 5.10 Å². The summed E-state index contributed by atoms with van der Waals surface area (Å²) in [4.78, 5) is 15.7. The maximum Gasteiger partial charge on any atom is 0.416 e. The number of hydrogen-bond acceptors (Lipinski definition) is 6. The van der Waals surface area contributed by atoms with Crippen LogP contribution < -0.4 is 20.6 Å². The zero-order valence-electron chi connectivity index (χ0n) is 15.9. The minimum absolute atomic E-state index is 0.0103. The topological polar surface area (TPSA) is 117 Å². The maximum absolute atomic E-state index is 12.7. The van der Waals surface area contributed by atoms with Gasteiger partial charge in [-0.2, -0.15) is 23.3 Å². The predicted molar refractivity (Wildman–Crippen MR) is 104 cm³/mol. The Morgan fingerprint density at radius 3 is 2.61 bits per heavy atom. The van der Waals surface area contributed by atoms with Gasteiger partial charge in [-0.25, -0.2) is 10.1 Å². The standard InChI is InChI=1S/C19H17F3N6O3/c20-19(21,22)13-5-4-8-15(9-13)30-10-16(23)25-26-17(29)11-31-18-24-12-28(27-18)14-6-2-1-3-7-14/h1-9,12H,10-11H2,(H2,23,25)(H,26,29). The van der Waals surface area contributed by atoms with Crippen molar-refractivity contribution in [1.82, 2.24) is 20.2 Å². The highest BCUT2D eigenvalue weighted by Crippen LogP contribution is 2.31. The van der Waals surface area contributed by atoms with E-state index in [1.54, 1.807) is 0 Å². The molecule has 1 heterocycles. The van der Waals surface area contributed by atoms with Gasteiger partial charge in [0.05, 0.1) is 11.3 Å². The lowest BCUT2D eigenvalue weighted by molar-refractivity contribution is -0.137. The van der Waals surface area contributed by atoms with E-state index < -0.39 is 24.3 Å². The highest BCUT2D eigenvalue weighted by atomic mass is 19.4. The lowest BCUT2D eigenvalue weighted by Gasteiger charge is -2.10. The molecular formula is C19H17F3N6O3. The van der Waals surface area contributed by atoms with Crippen LogP contribution in [0.15, 0.2) is 66.0 Å². The Balaban J connectivity index is 1.44. The zero-order chi connectivity index (χ0) is 22.3. The number of nitrogens with one attached hydrogen (secondary N) is 1. The second-order valence-electron chi connectivity index (χ2n) is 6.05. The average Bonchev–Trinajstić information content (AvgIpc) is 3.24. The molecule has 31 heavy (non-hydrogen) atoms. The molecule has 0 saturated heterocycles. The van der Waals surface area contributed by atoms with Crippen LogP contribution >= 0.6 is 0 Å². The van der Waals surface area contributed by atoms with Crippen molar-refractivity contribution in [1.29, 1.82) is 0 Å². The van der Waals surface area contributed by atoms with E-state index in [0.29, 0.717) is 0 Å². The van der Waals surface area contributed by atoms with E-state index in [1.165, 1.54) is 23.1 Å². The zero-order valence-corrected chi connectivity index (χ0v) is 15.9. The van der Waals surface area contributed by atoms with Crippen LogP contribution in [0, 0.1) is 0 Å². The third-order valence-electron chi connectivity index (χ3n) is 3.70. The van der Waals surface area contributed by atoms with E-state index >= 15 is 0 Å². The Hall–Kier alpha value is -4.09. The molecule has 3 N–H and O–H groups in total. The molecule has 0 radical (unpaired) electrons. The van der Waals surface area contributed by atoms with Gasteiger partial charge < -0.3 is 15.2 Å². The van der Waals surface area contributed by atoms with E-state index in [0.717, 1.165) is 17.8 Å².